The van der Waals surface area contributed by atoms with Gasteiger partial charge in [0.15, 0.2) is 0 Å². The highest BCUT2D eigenvalue weighted by atomic mass is 16.4. The molecule has 1 aliphatic carbocycles. The lowest BCUT2D eigenvalue weighted by molar-refractivity contribution is 0.0698. The molecule has 1 aliphatic rings. The van der Waals surface area contributed by atoms with Crippen molar-refractivity contribution in [1.29, 1.82) is 0 Å². The molecular formula is C13H19N3O2. The summed E-state index contributed by atoms with van der Waals surface area (Å²) in [5.74, 6) is -0.108. The summed E-state index contributed by atoms with van der Waals surface area (Å²) >= 11 is 0. The largest absolute Gasteiger partial charge is 0.478 e. The Morgan fingerprint density at radius 2 is 2.17 bits per heavy atom. The number of nitrogen functional groups attached to an aromatic ring is 1. The van der Waals surface area contributed by atoms with E-state index in [2.05, 4.69) is 10.3 Å². The zero-order valence-electron chi connectivity index (χ0n) is 10.4. The first kappa shape index (κ1) is 12.7. The minimum Gasteiger partial charge on any atom is -0.478 e. The Hall–Kier alpha value is -1.78. The number of hydrogen-bond donors (Lipinski definition) is 3. The fraction of sp³-hybridized carbons (Fsp3) is 0.538. The molecule has 5 heteroatoms. The number of hydrogen-bond acceptors (Lipinski definition) is 4. The number of anilines is 2. The molecule has 0 unspecified atom stereocenters. The van der Waals surface area contributed by atoms with E-state index < -0.39 is 5.97 Å². The van der Waals surface area contributed by atoms with Crippen LogP contribution >= 0.6 is 0 Å². The highest BCUT2D eigenvalue weighted by Crippen LogP contribution is 2.25. The molecule has 0 radical (unpaired) electrons. The maximum Gasteiger partial charge on any atom is 0.337 e. The summed E-state index contributed by atoms with van der Waals surface area (Å²) in [6.45, 7) is 0.811. The van der Waals surface area contributed by atoms with Crippen molar-refractivity contribution in [3.8, 4) is 0 Å². The first-order chi connectivity index (χ1) is 8.66. The number of pyridine rings is 1. The molecule has 98 valence electrons. The van der Waals surface area contributed by atoms with Crippen molar-refractivity contribution in [2.75, 3.05) is 17.6 Å². The lowest BCUT2D eigenvalue weighted by Gasteiger charge is -2.22. The standard InChI is InChI=1S/C13H19N3O2/c14-12-6-10(13(17)18)11(8-16-12)15-7-9-4-2-1-3-5-9/h6,8-9,15H,1-5,7H2,(H2,14,16)(H,17,18). The maximum atomic E-state index is 11.1. The van der Waals surface area contributed by atoms with E-state index in [0.717, 1.165) is 6.54 Å². The van der Waals surface area contributed by atoms with Crippen molar-refractivity contribution < 1.29 is 9.90 Å². The number of aromatic nitrogens is 1. The Morgan fingerprint density at radius 1 is 1.44 bits per heavy atom. The molecule has 5 nitrogen and oxygen atoms in total. The monoisotopic (exact) mass is 249 g/mol. The lowest BCUT2D eigenvalue weighted by atomic mass is 9.89. The average Bonchev–Trinajstić information content (AvgIpc) is 2.38. The Bertz CT molecular complexity index is 428. The second-order valence-corrected chi connectivity index (χ2v) is 4.84. The van der Waals surface area contributed by atoms with E-state index in [1.807, 2.05) is 0 Å². The Morgan fingerprint density at radius 3 is 2.83 bits per heavy atom. The van der Waals surface area contributed by atoms with Gasteiger partial charge < -0.3 is 16.2 Å². The van der Waals surface area contributed by atoms with Gasteiger partial charge in [0.25, 0.3) is 0 Å². The van der Waals surface area contributed by atoms with E-state index >= 15 is 0 Å². The molecule has 0 atom stereocenters. The average molecular weight is 249 g/mol. The molecule has 0 aliphatic heterocycles. The number of nitrogens with two attached hydrogens (primary N) is 1. The van der Waals surface area contributed by atoms with E-state index in [4.69, 9.17) is 10.8 Å². The smallest absolute Gasteiger partial charge is 0.337 e. The predicted molar refractivity (Wildman–Crippen MR) is 70.7 cm³/mol. The van der Waals surface area contributed by atoms with Crippen LogP contribution in [0, 0.1) is 5.92 Å². The third-order valence-corrected chi connectivity index (χ3v) is 3.46. The minimum absolute atomic E-state index is 0.193. The molecule has 1 aromatic heterocycles. The van der Waals surface area contributed by atoms with Crippen LogP contribution in [-0.2, 0) is 0 Å². The number of nitrogens with one attached hydrogen (secondary N) is 1. The SMILES string of the molecule is Nc1cc(C(=O)O)c(NCC2CCCCC2)cn1. The molecule has 0 spiro atoms. The zero-order chi connectivity index (χ0) is 13.0. The fourth-order valence-electron chi connectivity index (χ4n) is 2.43. The van der Waals surface area contributed by atoms with Crippen molar-refractivity contribution in [2.24, 2.45) is 5.92 Å². The summed E-state index contributed by atoms with van der Waals surface area (Å²) in [6.07, 6.45) is 7.81. The fourth-order valence-corrected chi connectivity index (χ4v) is 2.43. The van der Waals surface area contributed by atoms with Gasteiger partial charge in [-0.05, 0) is 24.8 Å². The van der Waals surface area contributed by atoms with Gasteiger partial charge in [0, 0.05) is 6.54 Å². The summed E-state index contributed by atoms with van der Waals surface area (Å²) < 4.78 is 0. The maximum absolute atomic E-state index is 11.1. The van der Waals surface area contributed by atoms with Gasteiger partial charge >= 0.3 is 5.97 Å². The second-order valence-electron chi connectivity index (χ2n) is 4.84. The van der Waals surface area contributed by atoms with Crippen molar-refractivity contribution in [1.82, 2.24) is 4.98 Å². The van der Waals surface area contributed by atoms with Crippen LogP contribution in [0.25, 0.3) is 0 Å². The number of carboxylic acid groups (broad SMARTS) is 1. The van der Waals surface area contributed by atoms with E-state index in [-0.39, 0.29) is 11.4 Å². The first-order valence-corrected chi connectivity index (χ1v) is 6.39. The van der Waals surface area contributed by atoms with Gasteiger partial charge in [-0.1, -0.05) is 19.3 Å². The summed E-state index contributed by atoms with van der Waals surface area (Å²) in [7, 11) is 0. The van der Waals surface area contributed by atoms with Crippen molar-refractivity contribution >= 4 is 17.5 Å². The van der Waals surface area contributed by atoms with Crippen LogP contribution in [0.5, 0.6) is 0 Å². The van der Waals surface area contributed by atoms with Gasteiger partial charge in [0.05, 0.1) is 17.4 Å². The zero-order valence-corrected chi connectivity index (χ0v) is 10.4. The molecule has 2 rings (SSSR count). The van der Waals surface area contributed by atoms with Crippen LogP contribution in [0.15, 0.2) is 12.3 Å². The Labute approximate surface area is 106 Å². The molecule has 0 bridgehead atoms. The van der Waals surface area contributed by atoms with E-state index in [1.165, 1.54) is 44.4 Å². The van der Waals surface area contributed by atoms with Crippen LogP contribution < -0.4 is 11.1 Å². The first-order valence-electron chi connectivity index (χ1n) is 6.39. The number of nitrogens with zero attached hydrogens (tertiary/aromatic N) is 1. The highest BCUT2D eigenvalue weighted by molar-refractivity contribution is 5.94. The molecular weight excluding hydrogens is 230 g/mol. The molecule has 1 aromatic rings. The van der Waals surface area contributed by atoms with Gasteiger partial charge in [-0.25, -0.2) is 9.78 Å². The van der Waals surface area contributed by atoms with Gasteiger partial charge in [0.1, 0.15) is 5.82 Å². The van der Waals surface area contributed by atoms with Gasteiger partial charge in [-0.15, -0.1) is 0 Å². The van der Waals surface area contributed by atoms with Gasteiger partial charge in [-0.3, -0.25) is 0 Å². The summed E-state index contributed by atoms with van der Waals surface area (Å²) in [6, 6.07) is 1.39. The van der Waals surface area contributed by atoms with Crippen LogP contribution in [0.2, 0.25) is 0 Å². The number of aromatic carboxylic acids is 1. The van der Waals surface area contributed by atoms with Crippen LogP contribution in [0.4, 0.5) is 11.5 Å². The Balaban J connectivity index is 2.01. The molecule has 0 amide bonds. The van der Waals surface area contributed by atoms with Crippen LogP contribution in [-0.4, -0.2) is 22.6 Å². The second kappa shape index (κ2) is 5.71. The third kappa shape index (κ3) is 3.12. The molecule has 0 aromatic carbocycles. The lowest BCUT2D eigenvalue weighted by Crippen LogP contribution is -2.18. The molecule has 1 saturated carbocycles. The van der Waals surface area contributed by atoms with E-state index in [0.29, 0.717) is 11.6 Å². The predicted octanol–water partition coefficient (Wildman–Crippen LogP) is 2.35. The third-order valence-electron chi connectivity index (χ3n) is 3.46. The van der Waals surface area contributed by atoms with Crippen molar-refractivity contribution in [3.63, 3.8) is 0 Å². The molecule has 4 N–H and O–H groups in total. The Kier molecular flexibility index (Phi) is 4.02. The number of carbonyl (C=O) groups is 1. The number of rotatable bonds is 4. The minimum atomic E-state index is -0.977. The van der Waals surface area contributed by atoms with Gasteiger partial charge in [0.2, 0.25) is 0 Å². The number of carboxylic acids is 1. The summed E-state index contributed by atoms with van der Waals surface area (Å²) in [4.78, 5) is 15.0. The van der Waals surface area contributed by atoms with E-state index in [1.54, 1.807) is 0 Å². The highest BCUT2D eigenvalue weighted by Gasteiger charge is 2.15. The molecule has 1 fully saturated rings. The normalized spacial score (nSPS) is 16.4. The summed E-state index contributed by atoms with van der Waals surface area (Å²) in [5.41, 5.74) is 6.25. The topological polar surface area (TPSA) is 88.2 Å². The molecule has 1 heterocycles. The van der Waals surface area contributed by atoms with Crippen molar-refractivity contribution in [2.45, 2.75) is 32.1 Å². The molecule has 0 saturated heterocycles. The van der Waals surface area contributed by atoms with Gasteiger partial charge in [-0.2, -0.15) is 0 Å². The van der Waals surface area contributed by atoms with Crippen LogP contribution in [0.1, 0.15) is 42.5 Å². The van der Waals surface area contributed by atoms with E-state index in [9.17, 15) is 4.79 Å². The molecule has 18 heavy (non-hydrogen) atoms. The summed E-state index contributed by atoms with van der Waals surface area (Å²) in [5, 5.41) is 12.3. The van der Waals surface area contributed by atoms with Crippen molar-refractivity contribution in [3.05, 3.63) is 17.8 Å². The quantitative estimate of drug-likeness (QED) is 0.762. The van der Waals surface area contributed by atoms with Crippen LogP contribution in [0.3, 0.4) is 0 Å².